The smallest absolute Gasteiger partial charge is 0.457 e. The quantitative estimate of drug-likeness (QED) is 0.802. The molecule has 0 fully saturated rings. The van der Waals surface area contributed by atoms with Gasteiger partial charge < -0.3 is 14.8 Å². The Morgan fingerprint density at radius 2 is 1.45 bits per heavy atom. The van der Waals surface area contributed by atoms with Crippen molar-refractivity contribution in [2.24, 2.45) is 0 Å². The molecular weight excluding hydrogens is 255 g/mol. The lowest BCUT2D eigenvalue weighted by atomic mass is 9.80. The molecule has 0 atom stereocenters. The third-order valence-corrected chi connectivity index (χ3v) is 2.65. The number of hydrogen-bond donors (Lipinski definition) is 2. The lowest BCUT2D eigenvalue weighted by Gasteiger charge is -2.07. The molecule has 0 aromatic heterocycles. The Labute approximate surface area is 116 Å². The van der Waals surface area contributed by atoms with Crippen molar-refractivity contribution in [2.75, 3.05) is 0 Å². The highest BCUT2D eigenvalue weighted by Crippen LogP contribution is 2.23. The standard InChI is InChI=1S/C14H9BN2O3/c16-8-10-1-4-14(7-11(10)9-17)20-13-5-2-12(3-6-13)15(18)19/h1-7,18-19H. The molecule has 2 rings (SSSR count). The number of rotatable bonds is 3. The van der Waals surface area contributed by atoms with Crippen LogP contribution in [0, 0.1) is 22.7 Å². The van der Waals surface area contributed by atoms with E-state index in [1.54, 1.807) is 18.2 Å². The molecule has 2 aromatic carbocycles. The van der Waals surface area contributed by atoms with Gasteiger partial charge in [-0.1, -0.05) is 12.1 Å². The summed E-state index contributed by atoms with van der Waals surface area (Å²) in [5, 5.41) is 35.7. The SMILES string of the molecule is N#Cc1ccc(Oc2ccc(B(O)O)cc2)cc1C#N. The van der Waals surface area contributed by atoms with Crippen LogP contribution in [0.15, 0.2) is 42.5 Å². The number of hydrogen-bond acceptors (Lipinski definition) is 5. The third kappa shape index (κ3) is 2.96. The Morgan fingerprint density at radius 3 is 2.00 bits per heavy atom. The van der Waals surface area contributed by atoms with Gasteiger partial charge in [-0.05, 0) is 35.8 Å². The fourth-order valence-corrected chi connectivity index (χ4v) is 1.62. The fraction of sp³-hybridized carbons (Fsp3) is 0. The molecular formula is C14H9BN2O3. The van der Waals surface area contributed by atoms with Gasteiger partial charge in [0.25, 0.3) is 0 Å². The van der Waals surface area contributed by atoms with Gasteiger partial charge in [0, 0.05) is 0 Å². The van der Waals surface area contributed by atoms with Gasteiger partial charge in [0.2, 0.25) is 0 Å². The minimum absolute atomic E-state index is 0.243. The molecule has 0 aliphatic carbocycles. The largest absolute Gasteiger partial charge is 0.488 e. The van der Waals surface area contributed by atoms with Gasteiger partial charge in [-0.25, -0.2) is 0 Å². The zero-order valence-corrected chi connectivity index (χ0v) is 10.3. The Kier molecular flexibility index (Phi) is 4.02. The molecule has 0 saturated carbocycles. The van der Waals surface area contributed by atoms with Gasteiger partial charge in [0.05, 0.1) is 11.1 Å². The van der Waals surface area contributed by atoms with Crippen LogP contribution in [0.4, 0.5) is 0 Å². The van der Waals surface area contributed by atoms with Gasteiger partial charge in [-0.3, -0.25) is 0 Å². The molecule has 0 saturated heterocycles. The normalized spacial score (nSPS) is 9.40. The first kappa shape index (κ1) is 13.6. The molecule has 96 valence electrons. The van der Waals surface area contributed by atoms with Crippen LogP contribution >= 0.6 is 0 Å². The summed E-state index contributed by atoms with van der Waals surface area (Å²) in [5.41, 5.74) is 0.890. The van der Waals surface area contributed by atoms with Gasteiger partial charge in [-0.15, -0.1) is 0 Å². The molecule has 0 aliphatic rings. The van der Waals surface area contributed by atoms with Gasteiger partial charge in [0.1, 0.15) is 23.6 Å². The average molecular weight is 264 g/mol. The molecule has 2 N–H and O–H groups in total. The van der Waals surface area contributed by atoms with Crippen LogP contribution < -0.4 is 10.2 Å². The van der Waals surface area contributed by atoms with Crippen LogP contribution in [0.1, 0.15) is 11.1 Å². The van der Waals surface area contributed by atoms with Crippen molar-refractivity contribution in [2.45, 2.75) is 0 Å². The maximum absolute atomic E-state index is 8.98. The van der Waals surface area contributed by atoms with Crippen LogP contribution in [0.3, 0.4) is 0 Å². The molecule has 0 bridgehead atoms. The molecule has 0 aliphatic heterocycles. The zero-order valence-electron chi connectivity index (χ0n) is 10.3. The lowest BCUT2D eigenvalue weighted by molar-refractivity contribution is 0.425. The second kappa shape index (κ2) is 5.90. The van der Waals surface area contributed by atoms with Crippen molar-refractivity contribution in [3.8, 4) is 23.6 Å². The van der Waals surface area contributed by atoms with E-state index in [1.165, 1.54) is 24.3 Å². The van der Waals surface area contributed by atoms with E-state index in [-0.39, 0.29) is 5.56 Å². The summed E-state index contributed by atoms with van der Waals surface area (Å²) in [4.78, 5) is 0. The monoisotopic (exact) mass is 264 g/mol. The first-order chi connectivity index (χ1) is 9.63. The second-order valence-corrected chi connectivity index (χ2v) is 3.98. The predicted molar refractivity (Wildman–Crippen MR) is 72.2 cm³/mol. The van der Waals surface area contributed by atoms with Crippen molar-refractivity contribution < 1.29 is 14.8 Å². The van der Waals surface area contributed by atoms with Crippen molar-refractivity contribution >= 4 is 12.6 Å². The highest BCUT2D eigenvalue weighted by atomic mass is 16.5. The molecule has 0 unspecified atom stereocenters. The molecule has 5 nitrogen and oxygen atoms in total. The Balaban J connectivity index is 2.22. The van der Waals surface area contributed by atoms with Gasteiger partial charge >= 0.3 is 7.12 Å². The van der Waals surface area contributed by atoms with E-state index in [2.05, 4.69) is 0 Å². The summed E-state index contributed by atoms with van der Waals surface area (Å²) in [6, 6.07) is 14.6. The van der Waals surface area contributed by atoms with E-state index in [0.717, 1.165) is 0 Å². The van der Waals surface area contributed by atoms with E-state index >= 15 is 0 Å². The van der Waals surface area contributed by atoms with E-state index < -0.39 is 7.12 Å². The summed E-state index contributed by atoms with van der Waals surface area (Å²) in [5.74, 6) is 0.917. The Morgan fingerprint density at radius 1 is 0.850 bits per heavy atom. The van der Waals surface area contributed by atoms with Crippen molar-refractivity contribution in [1.82, 2.24) is 0 Å². The van der Waals surface area contributed by atoms with E-state index in [9.17, 15) is 0 Å². The number of nitriles is 2. The molecule has 20 heavy (non-hydrogen) atoms. The topological polar surface area (TPSA) is 97.3 Å². The molecule has 0 radical (unpaired) electrons. The summed E-state index contributed by atoms with van der Waals surface area (Å²) in [6.45, 7) is 0. The van der Waals surface area contributed by atoms with Gasteiger partial charge in [-0.2, -0.15) is 10.5 Å². The minimum Gasteiger partial charge on any atom is -0.457 e. The summed E-state index contributed by atoms with van der Waals surface area (Å²) < 4.78 is 5.53. The van der Waals surface area contributed by atoms with Crippen LogP contribution in [0.5, 0.6) is 11.5 Å². The molecule has 2 aromatic rings. The molecule has 0 heterocycles. The molecule has 6 heteroatoms. The van der Waals surface area contributed by atoms with Crippen molar-refractivity contribution in [3.63, 3.8) is 0 Å². The Bertz CT molecular complexity index is 700. The molecule has 0 spiro atoms. The second-order valence-electron chi connectivity index (χ2n) is 3.98. The third-order valence-electron chi connectivity index (χ3n) is 2.65. The van der Waals surface area contributed by atoms with Crippen LogP contribution in [0.2, 0.25) is 0 Å². The first-order valence-corrected chi connectivity index (χ1v) is 5.72. The van der Waals surface area contributed by atoms with Crippen LogP contribution in [-0.4, -0.2) is 17.2 Å². The lowest BCUT2D eigenvalue weighted by Crippen LogP contribution is -2.29. The summed E-state index contributed by atoms with van der Waals surface area (Å²) in [6.07, 6.45) is 0. The maximum atomic E-state index is 8.98. The zero-order chi connectivity index (χ0) is 14.5. The number of nitrogens with zero attached hydrogens (tertiary/aromatic N) is 2. The molecule has 0 amide bonds. The van der Waals surface area contributed by atoms with E-state index in [1.807, 2.05) is 12.1 Å². The highest BCUT2D eigenvalue weighted by Gasteiger charge is 2.10. The highest BCUT2D eigenvalue weighted by molar-refractivity contribution is 6.58. The van der Waals surface area contributed by atoms with Crippen LogP contribution in [0.25, 0.3) is 0 Å². The van der Waals surface area contributed by atoms with Crippen LogP contribution in [-0.2, 0) is 0 Å². The van der Waals surface area contributed by atoms with Crippen molar-refractivity contribution in [1.29, 1.82) is 10.5 Å². The maximum Gasteiger partial charge on any atom is 0.488 e. The predicted octanol–water partition coefficient (Wildman–Crippen LogP) is 0.902. The van der Waals surface area contributed by atoms with E-state index in [4.69, 9.17) is 25.3 Å². The fourth-order valence-electron chi connectivity index (χ4n) is 1.62. The van der Waals surface area contributed by atoms with Gasteiger partial charge in [0.15, 0.2) is 0 Å². The summed E-state index contributed by atoms with van der Waals surface area (Å²) in [7, 11) is -1.52. The first-order valence-electron chi connectivity index (χ1n) is 5.72. The number of benzene rings is 2. The average Bonchev–Trinajstić information content (AvgIpc) is 2.47. The number of ether oxygens (including phenoxy) is 1. The summed E-state index contributed by atoms with van der Waals surface area (Å²) >= 11 is 0. The Hall–Kier alpha value is -2.80. The minimum atomic E-state index is -1.52. The van der Waals surface area contributed by atoms with Crippen molar-refractivity contribution in [3.05, 3.63) is 53.6 Å². The van der Waals surface area contributed by atoms with E-state index in [0.29, 0.717) is 22.5 Å².